The van der Waals surface area contributed by atoms with Gasteiger partial charge >= 0.3 is 16.4 Å². The summed E-state index contributed by atoms with van der Waals surface area (Å²) >= 11 is 0. The number of rotatable bonds is 7. The Morgan fingerprint density at radius 2 is 1.86 bits per heavy atom. The van der Waals surface area contributed by atoms with Gasteiger partial charge in [-0.25, -0.2) is 9.52 Å². The average Bonchev–Trinajstić information content (AvgIpc) is 3.44. The van der Waals surface area contributed by atoms with E-state index in [9.17, 15) is 22.8 Å². The van der Waals surface area contributed by atoms with Crippen LogP contribution in [0.2, 0.25) is 0 Å². The first kappa shape index (κ1) is 32.9. The number of fused-ring (bicyclic) bond motifs is 2. The summed E-state index contributed by atoms with van der Waals surface area (Å²) < 4.78 is 38.0. The van der Waals surface area contributed by atoms with Gasteiger partial charge in [0.25, 0.3) is 5.91 Å². The number of benzene rings is 1. The summed E-state index contributed by atoms with van der Waals surface area (Å²) in [5.41, 5.74) is -0.870. The second-order valence-electron chi connectivity index (χ2n) is 12.7. The molecule has 238 valence electrons. The van der Waals surface area contributed by atoms with Crippen LogP contribution in [0.1, 0.15) is 77.7 Å². The van der Waals surface area contributed by atoms with E-state index in [1.165, 1.54) is 0 Å². The number of ether oxygens (including phenoxy) is 1. The Balaban J connectivity index is 1.43. The number of nitrogens with one attached hydrogen (secondary N) is 3. The van der Waals surface area contributed by atoms with Crippen molar-refractivity contribution in [3.63, 3.8) is 0 Å². The Bertz CT molecular complexity index is 1260. The second-order valence-corrected chi connectivity index (χ2v) is 14.0. The maximum atomic E-state index is 13.7. The van der Waals surface area contributed by atoms with E-state index in [0.29, 0.717) is 32.4 Å². The third-order valence-electron chi connectivity index (χ3n) is 8.14. The summed E-state index contributed by atoms with van der Waals surface area (Å²) in [6.45, 7) is 6.11. The van der Waals surface area contributed by atoms with Crippen LogP contribution in [0.3, 0.4) is 0 Å². The Labute approximate surface area is 255 Å². The minimum atomic E-state index is -4.32. The largest absolute Gasteiger partial charge is 0.444 e. The minimum absolute atomic E-state index is 0.0893. The summed E-state index contributed by atoms with van der Waals surface area (Å²) in [7, 11) is -4.32. The topological polar surface area (TPSA) is 143 Å². The lowest BCUT2D eigenvalue weighted by Crippen LogP contribution is -2.56. The van der Waals surface area contributed by atoms with Crippen LogP contribution in [-0.2, 0) is 35.2 Å². The van der Waals surface area contributed by atoms with E-state index >= 15 is 0 Å². The Morgan fingerprint density at radius 3 is 2.60 bits per heavy atom. The van der Waals surface area contributed by atoms with Gasteiger partial charge in [0.1, 0.15) is 17.2 Å². The second kappa shape index (κ2) is 14.2. The van der Waals surface area contributed by atoms with Gasteiger partial charge in [-0.1, -0.05) is 55.3 Å². The van der Waals surface area contributed by atoms with E-state index in [-0.39, 0.29) is 24.5 Å². The molecule has 1 aromatic carbocycles. The zero-order valence-corrected chi connectivity index (χ0v) is 26.3. The molecule has 0 aromatic heterocycles. The Kier molecular flexibility index (Phi) is 10.9. The molecule has 43 heavy (non-hydrogen) atoms. The molecule has 0 radical (unpaired) electrons. The van der Waals surface area contributed by atoms with E-state index in [0.717, 1.165) is 44.1 Å². The Morgan fingerprint density at radius 1 is 1.09 bits per heavy atom. The normalized spacial score (nSPS) is 27.6. The fourth-order valence-electron chi connectivity index (χ4n) is 5.81. The van der Waals surface area contributed by atoms with E-state index in [4.69, 9.17) is 8.92 Å². The molecule has 1 aromatic rings. The predicted molar refractivity (Wildman–Crippen MR) is 162 cm³/mol. The maximum Gasteiger partial charge on any atom is 0.408 e. The molecule has 4 rings (SSSR count). The average molecular weight is 619 g/mol. The van der Waals surface area contributed by atoms with Crippen molar-refractivity contribution in [1.82, 2.24) is 20.3 Å². The summed E-state index contributed by atoms with van der Waals surface area (Å²) in [6.07, 6.45) is 9.60. The lowest BCUT2D eigenvalue weighted by molar-refractivity contribution is -0.134. The molecule has 3 amide bonds. The quantitative estimate of drug-likeness (QED) is 0.395. The van der Waals surface area contributed by atoms with Gasteiger partial charge in [-0.15, -0.1) is 0 Å². The molecule has 4 atom stereocenters. The van der Waals surface area contributed by atoms with E-state index in [2.05, 4.69) is 15.4 Å². The first-order valence-electron chi connectivity index (χ1n) is 15.4. The van der Waals surface area contributed by atoms with Gasteiger partial charge in [0, 0.05) is 25.0 Å². The molecule has 3 aliphatic rings. The monoisotopic (exact) mass is 618 g/mol. The predicted octanol–water partition coefficient (Wildman–Crippen LogP) is 3.36. The van der Waals surface area contributed by atoms with Crippen LogP contribution < -0.4 is 15.4 Å². The smallest absolute Gasteiger partial charge is 0.408 e. The number of hydrogen-bond acceptors (Lipinski definition) is 8. The number of amides is 3. The first-order chi connectivity index (χ1) is 20.4. The molecule has 0 spiro atoms. The molecule has 1 saturated heterocycles. The fourth-order valence-corrected chi connectivity index (χ4v) is 6.58. The molecular weight excluding hydrogens is 572 g/mol. The van der Waals surface area contributed by atoms with E-state index < -0.39 is 39.5 Å². The van der Waals surface area contributed by atoms with Crippen LogP contribution in [0.4, 0.5) is 4.79 Å². The van der Waals surface area contributed by atoms with Gasteiger partial charge in [0.2, 0.25) is 5.91 Å². The van der Waals surface area contributed by atoms with E-state index in [1.807, 2.05) is 42.5 Å². The number of nitrogens with zero attached hydrogens (tertiary/aromatic N) is 1. The molecule has 1 saturated carbocycles. The van der Waals surface area contributed by atoms with Crippen molar-refractivity contribution >= 4 is 28.2 Å². The third kappa shape index (κ3) is 9.51. The lowest BCUT2D eigenvalue weighted by atomic mass is 10.1. The third-order valence-corrected chi connectivity index (χ3v) is 9.06. The molecule has 0 unspecified atom stereocenters. The van der Waals surface area contributed by atoms with Gasteiger partial charge in [-0.05, 0) is 71.3 Å². The van der Waals surface area contributed by atoms with Crippen LogP contribution in [-0.4, -0.2) is 74.1 Å². The highest BCUT2D eigenvalue weighted by atomic mass is 32.2. The summed E-state index contributed by atoms with van der Waals surface area (Å²) in [5, 5.41) is 6.13. The van der Waals surface area contributed by atoms with Gasteiger partial charge in [-0.2, -0.15) is 8.42 Å². The summed E-state index contributed by atoms with van der Waals surface area (Å²) in [5.74, 6) is -1.00. The van der Waals surface area contributed by atoms with E-state index in [1.54, 1.807) is 25.7 Å². The highest BCUT2D eigenvalue weighted by Gasteiger charge is 2.59. The van der Waals surface area contributed by atoms with Crippen molar-refractivity contribution < 1.29 is 31.7 Å². The van der Waals surface area contributed by atoms with Crippen LogP contribution >= 0.6 is 0 Å². The highest BCUT2D eigenvalue weighted by molar-refractivity contribution is 7.85. The lowest BCUT2D eigenvalue weighted by Gasteiger charge is -2.31. The number of alkyl carbamates (subject to hydrolysis) is 1. The number of carbonyl (C=O) groups is 3. The van der Waals surface area contributed by atoms with Crippen LogP contribution in [0.25, 0.3) is 0 Å². The molecule has 2 aliphatic heterocycles. The molecule has 3 N–H and O–H groups in total. The first-order valence-corrected chi connectivity index (χ1v) is 16.8. The molecular formula is C31H46N4O7S. The molecule has 2 fully saturated rings. The molecule has 11 nitrogen and oxygen atoms in total. The molecule has 12 heteroatoms. The standard InChI is InChI=1S/C31H46N4O7S/c1-30(2,3)42-29(38)33-26-17-11-6-4-5-10-15-24-21-31(24,32-22-25-16-12-19-35(25)27(26)36)28(37)34-43(39,40)41-20-18-23-13-8-7-9-14-23/h7-10,13-15,24-26,32H,4-6,11-12,16-22H2,1-3H3,(H,33,38)(H,34,37)/b15-10-/t24-,25-,26-,31+/m0/s1. The van der Waals surface area contributed by atoms with Crippen molar-refractivity contribution in [2.24, 2.45) is 5.92 Å². The van der Waals surface area contributed by atoms with Gasteiger partial charge in [-0.3, -0.25) is 13.8 Å². The Hall–Kier alpha value is -2.96. The summed E-state index contributed by atoms with van der Waals surface area (Å²) in [4.78, 5) is 41.5. The van der Waals surface area contributed by atoms with Crippen LogP contribution in [0.15, 0.2) is 42.5 Å². The zero-order chi connectivity index (χ0) is 31.1. The van der Waals surface area contributed by atoms with Crippen molar-refractivity contribution in [2.75, 3.05) is 19.7 Å². The zero-order valence-electron chi connectivity index (χ0n) is 25.5. The number of carbonyl (C=O) groups excluding carboxylic acids is 3. The van der Waals surface area contributed by atoms with Gasteiger partial charge in [0.05, 0.1) is 6.61 Å². The molecule has 1 aliphatic carbocycles. The number of hydrogen-bond donors (Lipinski definition) is 3. The van der Waals surface area contributed by atoms with Crippen molar-refractivity contribution in [1.29, 1.82) is 0 Å². The molecule has 2 heterocycles. The van der Waals surface area contributed by atoms with Gasteiger partial charge < -0.3 is 20.3 Å². The van der Waals surface area contributed by atoms with Crippen LogP contribution in [0.5, 0.6) is 0 Å². The fraction of sp³-hybridized carbons (Fsp3) is 0.645. The van der Waals surface area contributed by atoms with Crippen molar-refractivity contribution in [3.8, 4) is 0 Å². The molecule has 0 bridgehead atoms. The van der Waals surface area contributed by atoms with Crippen molar-refractivity contribution in [3.05, 3.63) is 48.0 Å². The van der Waals surface area contributed by atoms with Crippen molar-refractivity contribution in [2.45, 2.75) is 102 Å². The highest BCUT2D eigenvalue weighted by Crippen LogP contribution is 2.45. The SMILES string of the molecule is CC(C)(C)OC(=O)N[C@H]1CCCCC/C=C\[C@H]2C[C@@]2(C(=O)NS(=O)(=O)OCCc2ccccc2)NC[C@@H]2CCCN2C1=O. The maximum absolute atomic E-state index is 13.7. The number of allylic oxidation sites excluding steroid dienone is 1. The minimum Gasteiger partial charge on any atom is -0.444 e. The van der Waals surface area contributed by atoms with Crippen LogP contribution in [0, 0.1) is 5.92 Å². The van der Waals surface area contributed by atoms with Gasteiger partial charge in [0.15, 0.2) is 0 Å². The summed E-state index contributed by atoms with van der Waals surface area (Å²) in [6, 6.07) is 8.45.